The topological polar surface area (TPSA) is 32.3 Å². The van der Waals surface area contributed by atoms with Crippen LogP contribution >= 0.6 is 0 Å². The molecule has 0 bridgehead atoms. The molecule has 0 aromatic heterocycles. The average Bonchev–Trinajstić information content (AvgIpc) is 2.25. The molecule has 0 aromatic rings. The summed E-state index contributed by atoms with van der Waals surface area (Å²) in [6.07, 6.45) is 3.49. The Labute approximate surface area is 119 Å². The third-order valence-electron chi connectivity index (χ3n) is 4.34. The highest BCUT2D eigenvalue weighted by Crippen LogP contribution is 2.27. The molecule has 0 aromatic carbocycles. The molecule has 0 saturated carbocycles. The molecule has 0 spiro atoms. The Balaban J connectivity index is 2.73. The smallest absolute Gasteiger partial charge is 0.317 e. The summed E-state index contributed by atoms with van der Waals surface area (Å²) in [7, 11) is 0. The highest BCUT2D eigenvalue weighted by molar-refractivity contribution is 5.74. The monoisotopic (exact) mass is 268 g/mol. The first-order valence-corrected chi connectivity index (χ1v) is 7.77. The number of nitrogens with zero attached hydrogens (tertiary/aromatic N) is 1. The Morgan fingerprint density at radius 2 is 1.89 bits per heavy atom. The molecule has 1 N–H and O–H groups in total. The number of carbonyl (C=O) groups excluding carboxylic acids is 1. The number of hydrogen-bond donors (Lipinski definition) is 1. The molecular formula is C16H32N2O. The van der Waals surface area contributed by atoms with Gasteiger partial charge >= 0.3 is 6.03 Å². The molecule has 2 atom stereocenters. The van der Waals surface area contributed by atoms with Crippen LogP contribution in [-0.4, -0.2) is 29.6 Å². The first-order chi connectivity index (χ1) is 8.71. The second kappa shape index (κ2) is 6.62. The predicted molar refractivity (Wildman–Crippen MR) is 81.2 cm³/mol. The van der Waals surface area contributed by atoms with Gasteiger partial charge in [-0.25, -0.2) is 4.79 Å². The van der Waals surface area contributed by atoms with Gasteiger partial charge < -0.3 is 10.2 Å². The maximum absolute atomic E-state index is 12.3. The van der Waals surface area contributed by atoms with Crippen molar-refractivity contribution in [1.29, 1.82) is 0 Å². The lowest BCUT2D eigenvalue weighted by atomic mass is 9.83. The molecule has 1 aliphatic rings. The van der Waals surface area contributed by atoms with E-state index in [1.165, 1.54) is 6.42 Å². The Hall–Kier alpha value is -0.730. The van der Waals surface area contributed by atoms with Crippen LogP contribution in [0.15, 0.2) is 0 Å². The minimum Gasteiger partial charge on any atom is -0.338 e. The Morgan fingerprint density at radius 1 is 1.26 bits per heavy atom. The number of amides is 2. The molecular weight excluding hydrogens is 236 g/mol. The van der Waals surface area contributed by atoms with Gasteiger partial charge in [0.25, 0.3) is 0 Å². The van der Waals surface area contributed by atoms with E-state index >= 15 is 0 Å². The normalized spacial score (nSPS) is 27.3. The summed E-state index contributed by atoms with van der Waals surface area (Å²) in [5.41, 5.74) is -0.0968. The van der Waals surface area contributed by atoms with Crippen molar-refractivity contribution >= 4 is 6.03 Å². The molecule has 19 heavy (non-hydrogen) atoms. The van der Waals surface area contributed by atoms with Crippen LogP contribution in [0.3, 0.4) is 0 Å². The SMILES string of the molecule is CC1CCN(C(C)(C)C)C(=O)NCCC(C(C)C)C1. The molecule has 3 nitrogen and oxygen atoms in total. The molecule has 1 rings (SSSR count). The zero-order valence-corrected chi connectivity index (χ0v) is 13.6. The van der Waals surface area contributed by atoms with Gasteiger partial charge in [-0.05, 0) is 57.8 Å². The van der Waals surface area contributed by atoms with E-state index in [0.717, 1.165) is 31.8 Å². The molecule has 3 heteroatoms. The van der Waals surface area contributed by atoms with Crippen LogP contribution < -0.4 is 5.32 Å². The van der Waals surface area contributed by atoms with Gasteiger partial charge in [0.05, 0.1) is 0 Å². The average molecular weight is 268 g/mol. The van der Waals surface area contributed by atoms with E-state index in [1.54, 1.807) is 0 Å². The summed E-state index contributed by atoms with van der Waals surface area (Å²) < 4.78 is 0. The standard InChI is InChI=1S/C16H32N2O/c1-12(2)14-7-9-17-15(19)18(16(4,5)6)10-8-13(3)11-14/h12-14H,7-11H2,1-6H3,(H,17,19). The van der Waals surface area contributed by atoms with E-state index in [4.69, 9.17) is 0 Å². The molecule has 1 aliphatic heterocycles. The van der Waals surface area contributed by atoms with Gasteiger partial charge in [0.2, 0.25) is 0 Å². The van der Waals surface area contributed by atoms with Crippen LogP contribution in [0, 0.1) is 17.8 Å². The summed E-state index contributed by atoms with van der Waals surface area (Å²) in [6, 6.07) is 0.101. The van der Waals surface area contributed by atoms with Gasteiger partial charge in [0.1, 0.15) is 0 Å². The first-order valence-electron chi connectivity index (χ1n) is 7.77. The van der Waals surface area contributed by atoms with E-state index in [1.807, 2.05) is 4.90 Å². The van der Waals surface area contributed by atoms with Crippen LogP contribution in [0.2, 0.25) is 0 Å². The largest absolute Gasteiger partial charge is 0.338 e. The second-order valence-corrected chi connectivity index (χ2v) is 7.48. The molecule has 1 fully saturated rings. The third kappa shape index (κ3) is 5.04. The minimum absolute atomic E-state index is 0.0968. The Bertz CT molecular complexity index is 294. The lowest BCUT2D eigenvalue weighted by Crippen LogP contribution is -2.51. The van der Waals surface area contributed by atoms with Crippen molar-refractivity contribution in [2.24, 2.45) is 17.8 Å². The number of hydrogen-bond acceptors (Lipinski definition) is 1. The first kappa shape index (κ1) is 16.3. The van der Waals surface area contributed by atoms with E-state index in [9.17, 15) is 4.79 Å². The maximum atomic E-state index is 12.3. The predicted octanol–water partition coefficient (Wildman–Crippen LogP) is 3.89. The Morgan fingerprint density at radius 3 is 2.42 bits per heavy atom. The number of carbonyl (C=O) groups is 1. The lowest BCUT2D eigenvalue weighted by molar-refractivity contribution is 0.131. The van der Waals surface area contributed by atoms with Crippen molar-refractivity contribution in [3.05, 3.63) is 0 Å². The molecule has 2 unspecified atom stereocenters. The zero-order chi connectivity index (χ0) is 14.6. The van der Waals surface area contributed by atoms with Gasteiger partial charge in [-0.15, -0.1) is 0 Å². The fourth-order valence-corrected chi connectivity index (χ4v) is 2.91. The summed E-state index contributed by atoms with van der Waals surface area (Å²) in [5.74, 6) is 2.14. The summed E-state index contributed by atoms with van der Waals surface area (Å²) in [4.78, 5) is 14.3. The molecule has 1 saturated heterocycles. The highest BCUT2D eigenvalue weighted by Gasteiger charge is 2.28. The zero-order valence-electron chi connectivity index (χ0n) is 13.6. The summed E-state index contributed by atoms with van der Waals surface area (Å²) in [6.45, 7) is 14.9. The van der Waals surface area contributed by atoms with Crippen molar-refractivity contribution in [1.82, 2.24) is 10.2 Å². The van der Waals surface area contributed by atoms with E-state index in [2.05, 4.69) is 46.9 Å². The van der Waals surface area contributed by atoms with Crippen molar-refractivity contribution in [3.8, 4) is 0 Å². The minimum atomic E-state index is -0.0968. The van der Waals surface area contributed by atoms with Gasteiger partial charge in [-0.2, -0.15) is 0 Å². The van der Waals surface area contributed by atoms with E-state index in [-0.39, 0.29) is 11.6 Å². The van der Waals surface area contributed by atoms with Crippen molar-refractivity contribution in [2.45, 2.75) is 66.3 Å². The van der Waals surface area contributed by atoms with Crippen LogP contribution in [-0.2, 0) is 0 Å². The van der Waals surface area contributed by atoms with Crippen molar-refractivity contribution < 1.29 is 4.79 Å². The van der Waals surface area contributed by atoms with Crippen molar-refractivity contribution in [2.75, 3.05) is 13.1 Å². The third-order valence-corrected chi connectivity index (χ3v) is 4.34. The summed E-state index contributed by atoms with van der Waals surface area (Å²) >= 11 is 0. The number of rotatable bonds is 1. The highest BCUT2D eigenvalue weighted by atomic mass is 16.2. The molecule has 112 valence electrons. The van der Waals surface area contributed by atoms with Gasteiger partial charge in [-0.3, -0.25) is 0 Å². The van der Waals surface area contributed by atoms with Crippen LogP contribution in [0.25, 0.3) is 0 Å². The number of urea groups is 1. The quantitative estimate of drug-likeness (QED) is 0.769. The van der Waals surface area contributed by atoms with Crippen molar-refractivity contribution in [3.63, 3.8) is 0 Å². The molecule has 2 amide bonds. The van der Waals surface area contributed by atoms with Crippen LogP contribution in [0.1, 0.15) is 60.8 Å². The van der Waals surface area contributed by atoms with E-state index in [0.29, 0.717) is 11.8 Å². The van der Waals surface area contributed by atoms with Gasteiger partial charge in [0.15, 0.2) is 0 Å². The second-order valence-electron chi connectivity index (χ2n) is 7.48. The van der Waals surface area contributed by atoms with E-state index < -0.39 is 0 Å². The van der Waals surface area contributed by atoms with Gasteiger partial charge in [0, 0.05) is 18.6 Å². The summed E-state index contributed by atoms with van der Waals surface area (Å²) in [5, 5.41) is 3.10. The van der Waals surface area contributed by atoms with Crippen LogP contribution in [0.4, 0.5) is 4.79 Å². The van der Waals surface area contributed by atoms with Gasteiger partial charge in [-0.1, -0.05) is 20.8 Å². The fraction of sp³-hybridized carbons (Fsp3) is 0.938. The maximum Gasteiger partial charge on any atom is 0.317 e. The fourth-order valence-electron chi connectivity index (χ4n) is 2.91. The molecule has 0 radical (unpaired) electrons. The lowest BCUT2D eigenvalue weighted by Gasteiger charge is -2.38. The Kier molecular flexibility index (Phi) is 5.69. The number of nitrogens with one attached hydrogen (secondary N) is 1. The van der Waals surface area contributed by atoms with Crippen LogP contribution in [0.5, 0.6) is 0 Å². The molecule has 0 aliphatic carbocycles. The molecule has 1 heterocycles.